The van der Waals surface area contributed by atoms with Crippen molar-refractivity contribution in [3.05, 3.63) is 144 Å². The van der Waals surface area contributed by atoms with E-state index in [9.17, 15) is 0 Å². The Kier molecular flexibility index (Phi) is 6.53. The van der Waals surface area contributed by atoms with Gasteiger partial charge in [-0.25, -0.2) is 9.97 Å². The van der Waals surface area contributed by atoms with Crippen LogP contribution in [0.1, 0.15) is 17.5 Å². The third kappa shape index (κ3) is 5.07. The van der Waals surface area contributed by atoms with Crippen molar-refractivity contribution in [2.45, 2.75) is 20.3 Å². The first-order valence-electron chi connectivity index (χ1n) is 11.8. The smallest absolute Gasteiger partial charge is 0.137 e. The zero-order valence-corrected chi connectivity index (χ0v) is 20.0. The summed E-state index contributed by atoms with van der Waals surface area (Å²) in [6, 6.07) is 29.1. The van der Waals surface area contributed by atoms with Crippen LogP contribution in [-0.4, -0.2) is 9.97 Å². The standard InChI is InChI=1S/C31H28N4/c1-24-12-16-28(17-13-24)34(30-10-3-5-22-32-30)26-8-7-9-27(21-20-26)35(31-11-4-6-23-33-31)29-18-14-25(2)15-19-29/h3-8,10-23H,9H2,1-2H3. The maximum atomic E-state index is 4.66. The van der Waals surface area contributed by atoms with Gasteiger partial charge in [-0.1, -0.05) is 53.6 Å². The van der Waals surface area contributed by atoms with Gasteiger partial charge in [0, 0.05) is 41.6 Å². The fourth-order valence-electron chi connectivity index (χ4n) is 4.14. The zero-order valence-electron chi connectivity index (χ0n) is 20.0. The number of pyridine rings is 2. The number of hydrogen-bond acceptors (Lipinski definition) is 4. The first kappa shape index (κ1) is 22.4. The molecule has 0 amide bonds. The van der Waals surface area contributed by atoms with Crippen LogP contribution >= 0.6 is 0 Å². The molecule has 2 aromatic heterocycles. The summed E-state index contributed by atoms with van der Waals surface area (Å²) in [4.78, 5) is 13.7. The highest BCUT2D eigenvalue weighted by molar-refractivity contribution is 5.70. The monoisotopic (exact) mass is 456 g/mol. The van der Waals surface area contributed by atoms with Crippen LogP contribution in [0.15, 0.2) is 133 Å². The average molecular weight is 457 g/mol. The quantitative estimate of drug-likeness (QED) is 0.296. The van der Waals surface area contributed by atoms with E-state index in [1.807, 2.05) is 48.8 Å². The zero-order chi connectivity index (χ0) is 24.0. The fraction of sp³-hybridized carbons (Fsp3) is 0.0968. The topological polar surface area (TPSA) is 32.3 Å². The third-order valence-electron chi connectivity index (χ3n) is 5.95. The van der Waals surface area contributed by atoms with Gasteiger partial charge in [-0.15, -0.1) is 0 Å². The Morgan fingerprint density at radius 1 is 0.600 bits per heavy atom. The minimum absolute atomic E-state index is 0.772. The molecule has 0 bridgehead atoms. The van der Waals surface area contributed by atoms with Crippen LogP contribution in [0.2, 0.25) is 0 Å². The van der Waals surface area contributed by atoms with Gasteiger partial charge in [-0.3, -0.25) is 9.80 Å². The second-order valence-corrected chi connectivity index (χ2v) is 8.57. The molecule has 172 valence electrons. The lowest BCUT2D eigenvalue weighted by Gasteiger charge is -2.26. The molecule has 2 aromatic carbocycles. The predicted molar refractivity (Wildman–Crippen MR) is 145 cm³/mol. The first-order valence-corrected chi connectivity index (χ1v) is 11.8. The first-order chi connectivity index (χ1) is 17.2. The largest absolute Gasteiger partial charge is 0.299 e. The Morgan fingerprint density at radius 3 is 1.69 bits per heavy atom. The van der Waals surface area contributed by atoms with E-state index in [2.05, 4.69) is 106 Å². The van der Waals surface area contributed by atoms with E-state index in [0.717, 1.165) is 40.8 Å². The van der Waals surface area contributed by atoms with Gasteiger partial charge in [0.1, 0.15) is 11.6 Å². The van der Waals surface area contributed by atoms with Crippen molar-refractivity contribution in [2.24, 2.45) is 0 Å². The van der Waals surface area contributed by atoms with Gasteiger partial charge in [0.2, 0.25) is 0 Å². The molecule has 0 saturated heterocycles. The molecule has 2 heterocycles. The molecule has 35 heavy (non-hydrogen) atoms. The summed E-state index contributed by atoms with van der Waals surface area (Å²) in [6.45, 7) is 4.21. The number of rotatable bonds is 6. The summed E-state index contributed by atoms with van der Waals surface area (Å²) in [5, 5.41) is 0. The lowest BCUT2D eigenvalue weighted by atomic mass is 10.1. The van der Waals surface area contributed by atoms with Gasteiger partial charge >= 0.3 is 0 Å². The lowest BCUT2D eigenvalue weighted by Crippen LogP contribution is -2.17. The van der Waals surface area contributed by atoms with Gasteiger partial charge < -0.3 is 0 Å². The summed E-state index contributed by atoms with van der Waals surface area (Å²) in [6.07, 6.45) is 13.2. The summed E-state index contributed by atoms with van der Waals surface area (Å²) in [7, 11) is 0. The SMILES string of the molecule is Cc1ccc(N(C2=CC=C(N(c3ccc(C)cc3)c3ccccn3)CC=C2)c2ccccn2)cc1. The van der Waals surface area contributed by atoms with E-state index in [1.54, 1.807) is 0 Å². The molecule has 0 saturated carbocycles. The highest BCUT2D eigenvalue weighted by Gasteiger charge is 2.18. The van der Waals surface area contributed by atoms with E-state index in [-0.39, 0.29) is 0 Å². The molecule has 1 aliphatic rings. The predicted octanol–water partition coefficient (Wildman–Crippen LogP) is 7.80. The summed E-state index contributed by atoms with van der Waals surface area (Å²) in [5.74, 6) is 1.78. The number of hydrogen-bond donors (Lipinski definition) is 0. The van der Waals surface area contributed by atoms with E-state index >= 15 is 0 Å². The maximum absolute atomic E-state index is 4.66. The Labute approximate surface area is 207 Å². The second kappa shape index (κ2) is 10.2. The average Bonchev–Trinajstić information content (AvgIpc) is 3.14. The van der Waals surface area contributed by atoms with Crippen LogP contribution in [0, 0.1) is 13.8 Å². The van der Waals surface area contributed by atoms with Crippen molar-refractivity contribution in [1.29, 1.82) is 0 Å². The number of aryl methyl sites for hydroxylation is 2. The molecular formula is C31H28N4. The second-order valence-electron chi connectivity index (χ2n) is 8.57. The number of anilines is 4. The van der Waals surface area contributed by atoms with E-state index in [1.165, 1.54) is 11.1 Å². The number of aromatic nitrogens is 2. The van der Waals surface area contributed by atoms with Crippen molar-refractivity contribution >= 4 is 23.0 Å². The van der Waals surface area contributed by atoms with Crippen LogP contribution < -0.4 is 9.80 Å². The molecular weight excluding hydrogens is 428 g/mol. The van der Waals surface area contributed by atoms with Gasteiger partial charge in [0.15, 0.2) is 0 Å². The molecule has 4 nitrogen and oxygen atoms in total. The summed E-state index contributed by atoms with van der Waals surface area (Å²) < 4.78 is 0. The van der Waals surface area contributed by atoms with Gasteiger partial charge in [0.05, 0.1) is 0 Å². The maximum Gasteiger partial charge on any atom is 0.137 e. The molecule has 0 N–H and O–H groups in total. The molecule has 0 spiro atoms. The van der Waals surface area contributed by atoms with E-state index in [0.29, 0.717) is 0 Å². The van der Waals surface area contributed by atoms with Crippen molar-refractivity contribution in [3.63, 3.8) is 0 Å². The molecule has 4 heteroatoms. The van der Waals surface area contributed by atoms with Gasteiger partial charge in [-0.05, 0) is 80.6 Å². The van der Waals surface area contributed by atoms with E-state index in [4.69, 9.17) is 0 Å². The Balaban J connectivity index is 1.58. The molecule has 0 aliphatic heterocycles. The molecule has 0 unspecified atom stereocenters. The molecule has 0 fully saturated rings. The summed E-state index contributed by atoms with van der Waals surface area (Å²) >= 11 is 0. The normalized spacial score (nSPS) is 13.0. The Morgan fingerprint density at radius 2 is 1.14 bits per heavy atom. The molecule has 5 rings (SSSR count). The minimum Gasteiger partial charge on any atom is -0.299 e. The Bertz CT molecular complexity index is 1350. The molecule has 0 radical (unpaired) electrons. The minimum atomic E-state index is 0.772. The molecule has 1 aliphatic carbocycles. The van der Waals surface area contributed by atoms with Crippen LogP contribution in [0.3, 0.4) is 0 Å². The van der Waals surface area contributed by atoms with Crippen LogP contribution in [0.4, 0.5) is 23.0 Å². The highest BCUT2D eigenvalue weighted by atomic mass is 15.2. The van der Waals surface area contributed by atoms with Gasteiger partial charge in [-0.2, -0.15) is 0 Å². The van der Waals surface area contributed by atoms with Gasteiger partial charge in [0.25, 0.3) is 0 Å². The van der Waals surface area contributed by atoms with Crippen molar-refractivity contribution < 1.29 is 0 Å². The van der Waals surface area contributed by atoms with E-state index < -0.39 is 0 Å². The molecule has 4 aromatic rings. The van der Waals surface area contributed by atoms with Crippen molar-refractivity contribution in [3.8, 4) is 0 Å². The number of allylic oxidation sites excluding steroid dienone is 4. The van der Waals surface area contributed by atoms with Crippen molar-refractivity contribution in [1.82, 2.24) is 9.97 Å². The Hall–Kier alpha value is -4.44. The highest BCUT2D eigenvalue weighted by Crippen LogP contribution is 2.34. The van der Waals surface area contributed by atoms with Crippen molar-refractivity contribution in [2.75, 3.05) is 9.80 Å². The fourth-order valence-corrected chi connectivity index (χ4v) is 4.14. The summed E-state index contributed by atoms with van der Waals surface area (Å²) in [5.41, 5.74) is 6.81. The van der Waals surface area contributed by atoms with Crippen LogP contribution in [0.25, 0.3) is 0 Å². The van der Waals surface area contributed by atoms with Crippen LogP contribution in [0.5, 0.6) is 0 Å². The number of benzene rings is 2. The lowest BCUT2D eigenvalue weighted by molar-refractivity contribution is 1.04. The third-order valence-corrected chi connectivity index (χ3v) is 5.95. The van der Waals surface area contributed by atoms with Crippen LogP contribution in [-0.2, 0) is 0 Å². The number of nitrogens with zero attached hydrogens (tertiary/aromatic N) is 4. The molecule has 0 atom stereocenters.